The second-order valence-corrected chi connectivity index (χ2v) is 3.12. The second kappa shape index (κ2) is 1.81. The molecule has 0 radical (unpaired) electrons. The standard InChI is InChI=1S/C7H12O2/c1-5(8)4-6-7(2,3)9-6/h6H,4H2,1-3H3/t6-/m0/s1. The van der Waals surface area contributed by atoms with E-state index in [4.69, 9.17) is 4.74 Å². The van der Waals surface area contributed by atoms with Gasteiger partial charge in [-0.1, -0.05) is 0 Å². The van der Waals surface area contributed by atoms with Gasteiger partial charge in [-0.2, -0.15) is 0 Å². The third kappa shape index (κ3) is 1.52. The van der Waals surface area contributed by atoms with Crippen molar-refractivity contribution in [2.24, 2.45) is 0 Å². The molecule has 0 N–H and O–H groups in total. The summed E-state index contributed by atoms with van der Waals surface area (Å²) in [6.07, 6.45) is 0.766. The average Bonchev–Trinajstić information content (AvgIpc) is 2.10. The Morgan fingerprint density at radius 1 is 1.67 bits per heavy atom. The molecule has 1 atom stereocenters. The van der Waals surface area contributed by atoms with Crippen molar-refractivity contribution in [3.63, 3.8) is 0 Å². The van der Waals surface area contributed by atoms with Crippen molar-refractivity contribution in [1.29, 1.82) is 0 Å². The topological polar surface area (TPSA) is 29.6 Å². The van der Waals surface area contributed by atoms with Gasteiger partial charge in [-0.25, -0.2) is 0 Å². The van der Waals surface area contributed by atoms with Crippen LogP contribution in [-0.2, 0) is 9.53 Å². The molecule has 1 saturated heterocycles. The van der Waals surface area contributed by atoms with E-state index < -0.39 is 0 Å². The predicted octanol–water partition coefficient (Wildman–Crippen LogP) is 1.14. The van der Waals surface area contributed by atoms with Gasteiger partial charge in [0.2, 0.25) is 0 Å². The van der Waals surface area contributed by atoms with Crippen LogP contribution in [0.1, 0.15) is 27.2 Å². The van der Waals surface area contributed by atoms with E-state index in [9.17, 15) is 4.79 Å². The lowest BCUT2D eigenvalue weighted by Gasteiger charge is -1.90. The number of ketones is 1. The minimum absolute atomic E-state index is 0.0222. The van der Waals surface area contributed by atoms with Crippen LogP contribution in [0, 0.1) is 0 Å². The van der Waals surface area contributed by atoms with Crippen LogP contribution >= 0.6 is 0 Å². The van der Waals surface area contributed by atoms with Crippen LogP contribution in [0.2, 0.25) is 0 Å². The van der Waals surface area contributed by atoms with Gasteiger partial charge in [0.05, 0.1) is 11.7 Å². The molecule has 0 aromatic rings. The molecule has 0 aromatic carbocycles. The highest BCUT2D eigenvalue weighted by Crippen LogP contribution is 2.37. The van der Waals surface area contributed by atoms with Crippen LogP contribution < -0.4 is 0 Å². The summed E-state index contributed by atoms with van der Waals surface area (Å²) in [5, 5.41) is 0. The zero-order valence-corrected chi connectivity index (χ0v) is 6.10. The molecule has 0 bridgehead atoms. The highest BCUT2D eigenvalue weighted by atomic mass is 16.6. The smallest absolute Gasteiger partial charge is 0.132 e. The zero-order valence-electron chi connectivity index (χ0n) is 6.10. The summed E-state index contributed by atoms with van der Waals surface area (Å²) in [6.45, 7) is 5.60. The lowest BCUT2D eigenvalue weighted by molar-refractivity contribution is -0.117. The molecule has 1 aliphatic rings. The van der Waals surface area contributed by atoms with Crippen molar-refractivity contribution < 1.29 is 9.53 Å². The molecule has 0 spiro atoms. The monoisotopic (exact) mass is 128 g/mol. The van der Waals surface area contributed by atoms with Crippen molar-refractivity contribution >= 4 is 5.78 Å². The van der Waals surface area contributed by atoms with Gasteiger partial charge in [-0.05, 0) is 20.8 Å². The van der Waals surface area contributed by atoms with Gasteiger partial charge < -0.3 is 4.74 Å². The first kappa shape index (κ1) is 6.75. The van der Waals surface area contributed by atoms with Crippen molar-refractivity contribution in [1.82, 2.24) is 0 Å². The molecule has 1 fully saturated rings. The Kier molecular flexibility index (Phi) is 1.35. The van der Waals surface area contributed by atoms with Gasteiger partial charge in [0.25, 0.3) is 0 Å². The lowest BCUT2D eigenvalue weighted by Crippen LogP contribution is -2.06. The Balaban J connectivity index is 2.28. The van der Waals surface area contributed by atoms with Crippen LogP contribution in [-0.4, -0.2) is 17.5 Å². The van der Waals surface area contributed by atoms with Gasteiger partial charge in [0.1, 0.15) is 5.78 Å². The summed E-state index contributed by atoms with van der Waals surface area (Å²) in [5.74, 6) is 0.213. The molecule has 9 heavy (non-hydrogen) atoms. The lowest BCUT2D eigenvalue weighted by atomic mass is 10.1. The van der Waals surface area contributed by atoms with Crippen LogP contribution in [0.25, 0.3) is 0 Å². The van der Waals surface area contributed by atoms with Crippen LogP contribution in [0.15, 0.2) is 0 Å². The van der Waals surface area contributed by atoms with E-state index in [1.54, 1.807) is 6.92 Å². The number of rotatable bonds is 2. The largest absolute Gasteiger partial charge is 0.366 e. The number of epoxide rings is 1. The van der Waals surface area contributed by atoms with Gasteiger partial charge in [0.15, 0.2) is 0 Å². The summed E-state index contributed by atoms with van der Waals surface area (Å²) < 4.78 is 5.19. The van der Waals surface area contributed by atoms with Gasteiger partial charge in [-0.3, -0.25) is 4.79 Å². The molecule has 2 heteroatoms. The SMILES string of the molecule is CC(=O)C[C@@H]1OC1(C)C. The van der Waals surface area contributed by atoms with E-state index >= 15 is 0 Å². The fraction of sp³-hybridized carbons (Fsp3) is 0.857. The van der Waals surface area contributed by atoms with E-state index in [-0.39, 0.29) is 17.5 Å². The maximum Gasteiger partial charge on any atom is 0.132 e. The molecular weight excluding hydrogens is 116 g/mol. The molecule has 1 aliphatic heterocycles. The molecule has 0 saturated carbocycles. The molecule has 52 valence electrons. The van der Waals surface area contributed by atoms with E-state index in [1.807, 2.05) is 13.8 Å². The minimum atomic E-state index is -0.0222. The van der Waals surface area contributed by atoms with Crippen LogP contribution in [0.5, 0.6) is 0 Å². The summed E-state index contributed by atoms with van der Waals surface area (Å²) in [6, 6.07) is 0. The quantitative estimate of drug-likeness (QED) is 0.522. The molecule has 1 rings (SSSR count). The van der Waals surface area contributed by atoms with Gasteiger partial charge in [0, 0.05) is 6.42 Å². The summed E-state index contributed by atoms with van der Waals surface area (Å²) in [4.78, 5) is 10.5. The van der Waals surface area contributed by atoms with Gasteiger partial charge >= 0.3 is 0 Å². The number of carbonyl (C=O) groups is 1. The number of ether oxygens (including phenoxy) is 1. The highest BCUT2D eigenvalue weighted by Gasteiger charge is 2.47. The fourth-order valence-electron chi connectivity index (χ4n) is 0.881. The number of Topliss-reactive ketones (excluding diaryl/α,β-unsaturated/α-hetero) is 1. The summed E-state index contributed by atoms with van der Waals surface area (Å²) in [7, 11) is 0. The number of hydrogen-bond acceptors (Lipinski definition) is 2. The molecule has 0 aliphatic carbocycles. The molecular formula is C7H12O2. The highest BCUT2D eigenvalue weighted by molar-refractivity contribution is 5.76. The maximum atomic E-state index is 10.5. The van der Waals surface area contributed by atoms with Crippen molar-refractivity contribution in [2.45, 2.75) is 38.9 Å². The molecule has 0 unspecified atom stereocenters. The van der Waals surface area contributed by atoms with Crippen LogP contribution in [0.3, 0.4) is 0 Å². The first-order chi connectivity index (χ1) is 4.02. The third-order valence-corrected chi connectivity index (χ3v) is 1.64. The molecule has 2 nitrogen and oxygen atoms in total. The van der Waals surface area contributed by atoms with Crippen LogP contribution in [0.4, 0.5) is 0 Å². The Morgan fingerprint density at radius 3 is 2.22 bits per heavy atom. The first-order valence-electron chi connectivity index (χ1n) is 3.19. The Hall–Kier alpha value is -0.370. The van der Waals surface area contributed by atoms with Crippen molar-refractivity contribution in [3.8, 4) is 0 Å². The first-order valence-corrected chi connectivity index (χ1v) is 3.19. The maximum absolute atomic E-state index is 10.5. The number of carbonyl (C=O) groups excluding carboxylic acids is 1. The average molecular weight is 128 g/mol. The van der Waals surface area contributed by atoms with E-state index in [0.29, 0.717) is 6.42 Å². The Morgan fingerprint density at radius 2 is 2.11 bits per heavy atom. The van der Waals surface area contributed by atoms with E-state index in [1.165, 1.54) is 0 Å². The zero-order chi connectivity index (χ0) is 7.07. The third-order valence-electron chi connectivity index (χ3n) is 1.64. The normalized spacial score (nSPS) is 29.9. The van der Waals surface area contributed by atoms with E-state index in [0.717, 1.165) is 0 Å². The van der Waals surface area contributed by atoms with Crippen molar-refractivity contribution in [3.05, 3.63) is 0 Å². The van der Waals surface area contributed by atoms with Gasteiger partial charge in [-0.15, -0.1) is 0 Å². The van der Waals surface area contributed by atoms with E-state index in [2.05, 4.69) is 0 Å². The summed E-state index contributed by atoms with van der Waals surface area (Å²) >= 11 is 0. The van der Waals surface area contributed by atoms with Crippen molar-refractivity contribution in [2.75, 3.05) is 0 Å². The molecule has 1 heterocycles. The summed E-state index contributed by atoms with van der Waals surface area (Å²) in [5.41, 5.74) is -0.0222. The minimum Gasteiger partial charge on any atom is -0.366 e. The predicted molar refractivity (Wildman–Crippen MR) is 34.2 cm³/mol. The molecule has 0 aromatic heterocycles. The molecule has 0 amide bonds. The Bertz CT molecular complexity index is 138. The Labute approximate surface area is 55.2 Å². The fourth-order valence-corrected chi connectivity index (χ4v) is 0.881. The number of hydrogen-bond donors (Lipinski definition) is 0. The second-order valence-electron chi connectivity index (χ2n) is 3.12.